The number of hydrogen-bond donors (Lipinski definition) is 3. The lowest BCUT2D eigenvalue weighted by molar-refractivity contribution is 0.0693. The molecule has 0 unspecified atom stereocenters. The quantitative estimate of drug-likeness (QED) is 0.434. The fourth-order valence-corrected chi connectivity index (χ4v) is 1.74. The van der Waals surface area contributed by atoms with Gasteiger partial charge in [-0.05, 0) is 18.6 Å². The van der Waals surface area contributed by atoms with Crippen LogP contribution in [0.3, 0.4) is 0 Å². The van der Waals surface area contributed by atoms with E-state index in [1.807, 2.05) is 6.92 Å². The van der Waals surface area contributed by atoms with Crippen LogP contribution in [-0.2, 0) is 0 Å². The maximum Gasteiger partial charge on any atom is 0.339 e. The Morgan fingerprint density at radius 1 is 1.53 bits per heavy atom. The number of carbonyl (C=O) groups is 1. The number of hydrogen-bond acceptors (Lipinski definition) is 5. The second-order valence-corrected chi connectivity index (χ2v) is 4.70. The number of amidine groups is 1. The second kappa shape index (κ2) is 7.42. The van der Waals surface area contributed by atoms with Crippen LogP contribution in [0.15, 0.2) is 28.4 Å². The minimum atomic E-state index is -1.20. The molecule has 0 radical (unpaired) electrons. The van der Waals surface area contributed by atoms with Crippen molar-refractivity contribution in [1.82, 2.24) is 0 Å². The highest BCUT2D eigenvalue weighted by Gasteiger charge is 2.11. The smallest absolute Gasteiger partial charge is 0.339 e. The van der Waals surface area contributed by atoms with Gasteiger partial charge >= 0.3 is 5.97 Å². The van der Waals surface area contributed by atoms with Crippen LogP contribution in [0, 0.1) is 0 Å². The number of benzene rings is 1. The third-order valence-corrected chi connectivity index (χ3v) is 3.09. The highest BCUT2D eigenvalue weighted by atomic mass is 32.2. The normalized spacial score (nSPS) is 11.9. The lowest BCUT2D eigenvalue weighted by atomic mass is 10.1. The van der Waals surface area contributed by atoms with Gasteiger partial charge in [-0.3, -0.25) is 0 Å². The zero-order chi connectivity index (χ0) is 14.3. The molecule has 0 atom stereocenters. The zero-order valence-electron chi connectivity index (χ0n) is 10.4. The molecule has 0 heterocycles. The molecule has 0 aliphatic heterocycles. The predicted molar refractivity (Wildman–Crippen MR) is 77.0 cm³/mol. The van der Waals surface area contributed by atoms with Gasteiger partial charge in [-0.1, -0.05) is 24.8 Å². The molecule has 0 bridgehead atoms. The Bertz CT molecular complexity index is 515. The number of aromatic carboxylic acids is 1. The Morgan fingerprint density at radius 3 is 2.89 bits per heavy atom. The van der Waals surface area contributed by atoms with E-state index >= 15 is 0 Å². The molecule has 0 spiro atoms. The van der Waals surface area contributed by atoms with Crippen LogP contribution in [0.4, 0.5) is 0 Å². The summed E-state index contributed by atoms with van der Waals surface area (Å²) in [7, 11) is 0. The maximum absolute atomic E-state index is 10.8. The van der Waals surface area contributed by atoms with Gasteiger partial charge in [-0.15, -0.1) is 5.10 Å². The number of para-hydroxylation sites is 1. The Kier molecular flexibility index (Phi) is 5.87. The molecule has 0 aliphatic rings. The Hall–Kier alpha value is -2.02. The topological polar surface area (TPSA) is 108 Å². The summed E-state index contributed by atoms with van der Waals surface area (Å²) in [5.41, 5.74) is 5.68. The molecule has 0 aromatic heterocycles. The Balaban J connectivity index is 2.83. The van der Waals surface area contributed by atoms with Crippen molar-refractivity contribution in [1.29, 1.82) is 0 Å². The van der Waals surface area contributed by atoms with Crippen LogP contribution in [0.2, 0.25) is 0 Å². The lowest BCUT2D eigenvalue weighted by Crippen LogP contribution is -2.06. The fourth-order valence-electron chi connectivity index (χ4n) is 1.22. The van der Waals surface area contributed by atoms with Gasteiger partial charge in [-0.2, -0.15) is 5.10 Å². The lowest BCUT2D eigenvalue weighted by Gasteiger charge is -2.01. The minimum Gasteiger partial charge on any atom is -0.506 e. The molecule has 1 aromatic rings. The summed E-state index contributed by atoms with van der Waals surface area (Å²) in [5, 5.41) is 26.3. The molecule has 7 heteroatoms. The zero-order valence-corrected chi connectivity index (χ0v) is 11.2. The molecule has 0 saturated heterocycles. The number of nitrogens with two attached hydrogens (primary N) is 1. The van der Waals surface area contributed by atoms with Crippen LogP contribution >= 0.6 is 11.8 Å². The summed E-state index contributed by atoms with van der Waals surface area (Å²) in [6.45, 7) is 2.03. The maximum atomic E-state index is 10.8. The largest absolute Gasteiger partial charge is 0.506 e. The van der Waals surface area contributed by atoms with E-state index in [1.54, 1.807) is 0 Å². The summed E-state index contributed by atoms with van der Waals surface area (Å²) < 4.78 is 0. The molecular formula is C12H15N3O3S. The van der Waals surface area contributed by atoms with Crippen molar-refractivity contribution >= 4 is 29.1 Å². The van der Waals surface area contributed by atoms with Crippen LogP contribution in [0.1, 0.15) is 29.3 Å². The summed E-state index contributed by atoms with van der Waals surface area (Å²) in [4.78, 5) is 10.8. The Morgan fingerprint density at radius 2 is 2.26 bits per heavy atom. The van der Waals surface area contributed by atoms with E-state index in [9.17, 15) is 9.90 Å². The first-order valence-corrected chi connectivity index (χ1v) is 6.59. The second-order valence-electron chi connectivity index (χ2n) is 3.58. The van der Waals surface area contributed by atoms with Crippen molar-refractivity contribution in [2.45, 2.75) is 13.3 Å². The van der Waals surface area contributed by atoms with Crippen LogP contribution in [-0.4, -0.2) is 33.3 Å². The van der Waals surface area contributed by atoms with E-state index in [0.717, 1.165) is 12.2 Å². The summed E-state index contributed by atoms with van der Waals surface area (Å²) in [6, 6.07) is 4.36. The van der Waals surface area contributed by atoms with Crippen molar-refractivity contribution in [3.05, 3.63) is 29.3 Å². The van der Waals surface area contributed by atoms with E-state index in [2.05, 4.69) is 10.2 Å². The van der Waals surface area contributed by atoms with E-state index < -0.39 is 5.97 Å². The Labute approximate surface area is 115 Å². The predicted octanol–water partition coefficient (Wildman–Crippen LogP) is 1.88. The molecule has 1 rings (SSSR count). The molecule has 0 saturated carbocycles. The van der Waals surface area contributed by atoms with Gasteiger partial charge in [0.05, 0.1) is 6.21 Å². The van der Waals surface area contributed by atoms with Gasteiger partial charge in [0.25, 0.3) is 0 Å². The average Bonchev–Trinajstić information content (AvgIpc) is 2.38. The van der Waals surface area contributed by atoms with E-state index in [0.29, 0.717) is 5.17 Å². The van der Waals surface area contributed by atoms with Gasteiger partial charge in [0.15, 0.2) is 5.17 Å². The highest BCUT2D eigenvalue weighted by Crippen LogP contribution is 2.20. The van der Waals surface area contributed by atoms with Crippen LogP contribution in [0.5, 0.6) is 5.75 Å². The molecular weight excluding hydrogens is 266 g/mol. The van der Waals surface area contributed by atoms with Crippen molar-refractivity contribution in [3.63, 3.8) is 0 Å². The number of aromatic hydroxyl groups is 1. The number of nitrogens with zero attached hydrogens (tertiary/aromatic N) is 2. The molecule has 4 N–H and O–H groups in total. The van der Waals surface area contributed by atoms with E-state index in [-0.39, 0.29) is 16.9 Å². The van der Waals surface area contributed by atoms with Gasteiger partial charge in [0.2, 0.25) is 0 Å². The summed E-state index contributed by atoms with van der Waals surface area (Å²) >= 11 is 1.38. The van der Waals surface area contributed by atoms with Crippen molar-refractivity contribution in [2.75, 3.05) is 5.75 Å². The standard InChI is InChI=1S/C12H15N3O3S/c1-2-6-19-12(13)15-14-7-8-4-3-5-9(10(8)16)11(17)18/h3-5,7,16H,2,6H2,1H3,(H2,13,15)(H,17,18). The number of carboxylic acids is 1. The first kappa shape index (κ1) is 15.0. The number of carboxylic acid groups (broad SMARTS) is 1. The van der Waals surface area contributed by atoms with Crippen molar-refractivity contribution < 1.29 is 15.0 Å². The SMILES string of the molecule is CCCS/C(N)=N\N=Cc1cccc(C(=O)O)c1O. The van der Waals surface area contributed by atoms with Gasteiger partial charge in [0.1, 0.15) is 11.3 Å². The number of phenols is 1. The van der Waals surface area contributed by atoms with Crippen LogP contribution < -0.4 is 5.73 Å². The molecule has 0 amide bonds. The molecule has 0 fully saturated rings. The van der Waals surface area contributed by atoms with Crippen LogP contribution in [0.25, 0.3) is 0 Å². The molecule has 1 aromatic carbocycles. The molecule has 19 heavy (non-hydrogen) atoms. The molecule has 6 nitrogen and oxygen atoms in total. The third-order valence-electron chi connectivity index (χ3n) is 2.10. The fraction of sp³-hybridized carbons (Fsp3) is 0.250. The summed E-state index contributed by atoms with van der Waals surface area (Å²) in [6.07, 6.45) is 2.24. The monoisotopic (exact) mass is 281 g/mol. The van der Waals surface area contributed by atoms with Crippen molar-refractivity contribution in [3.8, 4) is 5.75 Å². The van der Waals surface area contributed by atoms with E-state index in [1.165, 1.54) is 36.2 Å². The first-order valence-electron chi connectivity index (χ1n) is 5.60. The van der Waals surface area contributed by atoms with E-state index in [4.69, 9.17) is 10.8 Å². The molecule has 102 valence electrons. The van der Waals surface area contributed by atoms with Gasteiger partial charge < -0.3 is 15.9 Å². The van der Waals surface area contributed by atoms with Crippen molar-refractivity contribution in [2.24, 2.45) is 15.9 Å². The number of rotatable bonds is 5. The average molecular weight is 281 g/mol. The number of thioether (sulfide) groups is 1. The minimum absolute atomic E-state index is 0.179. The summed E-state index contributed by atoms with van der Waals surface area (Å²) in [5.74, 6) is -0.687. The highest BCUT2D eigenvalue weighted by molar-refractivity contribution is 8.13. The first-order chi connectivity index (χ1) is 9.06. The molecule has 0 aliphatic carbocycles. The third kappa shape index (κ3) is 4.63. The van der Waals surface area contributed by atoms with Gasteiger partial charge in [-0.25, -0.2) is 4.79 Å². The van der Waals surface area contributed by atoms with Gasteiger partial charge in [0, 0.05) is 11.3 Å².